The van der Waals surface area contributed by atoms with Gasteiger partial charge in [-0.25, -0.2) is 0 Å². The van der Waals surface area contributed by atoms with Gasteiger partial charge in [-0.1, -0.05) is 90.5 Å². The van der Waals surface area contributed by atoms with E-state index in [4.69, 9.17) is 19.5 Å². The molecule has 0 saturated heterocycles. The van der Waals surface area contributed by atoms with Crippen molar-refractivity contribution in [2.75, 3.05) is 78.7 Å². The Hall–Kier alpha value is -3.02. The van der Waals surface area contributed by atoms with Crippen molar-refractivity contribution < 1.29 is 24.2 Å². The fourth-order valence-electron chi connectivity index (χ4n) is 7.38. The molecule has 3 rings (SSSR count). The first kappa shape index (κ1) is 44.4. The van der Waals surface area contributed by atoms with Crippen LogP contribution in [-0.4, -0.2) is 123 Å². The fourth-order valence-corrected chi connectivity index (χ4v) is 7.38. The van der Waals surface area contributed by atoms with E-state index in [0.29, 0.717) is 19.7 Å². The largest absolute Gasteiger partial charge is 0.465 e. The van der Waals surface area contributed by atoms with E-state index in [0.717, 1.165) is 146 Å². The molecule has 2 heterocycles. The molecular formula is C42H72N6O5. The van der Waals surface area contributed by atoms with E-state index >= 15 is 0 Å². The van der Waals surface area contributed by atoms with Crippen LogP contribution >= 0.6 is 0 Å². The van der Waals surface area contributed by atoms with Gasteiger partial charge in [-0.3, -0.25) is 19.6 Å². The van der Waals surface area contributed by atoms with Crippen LogP contribution in [0.1, 0.15) is 123 Å². The molecular weight excluding hydrogens is 668 g/mol. The van der Waals surface area contributed by atoms with Gasteiger partial charge in [0, 0.05) is 56.9 Å². The lowest BCUT2D eigenvalue weighted by Gasteiger charge is -2.27. The van der Waals surface area contributed by atoms with E-state index in [9.17, 15) is 14.7 Å². The SMILES string of the molecule is CCCCC(C)(CCC)C(=O)OCCCNCCN1CCN=C1c1ccc(C2=NCCN2CCNCC(O)COC(=O)C(C)(CCC)CCCC)cc1. The van der Waals surface area contributed by atoms with Gasteiger partial charge in [0.1, 0.15) is 24.4 Å². The number of ether oxygens (including phenoxy) is 2. The number of carbonyl (C=O) groups is 2. The number of hydrogen-bond acceptors (Lipinski definition) is 11. The van der Waals surface area contributed by atoms with Crippen molar-refractivity contribution in [1.82, 2.24) is 20.4 Å². The van der Waals surface area contributed by atoms with Crippen molar-refractivity contribution in [1.29, 1.82) is 0 Å². The summed E-state index contributed by atoms with van der Waals surface area (Å²) in [6, 6.07) is 8.56. The summed E-state index contributed by atoms with van der Waals surface area (Å²) >= 11 is 0. The summed E-state index contributed by atoms with van der Waals surface area (Å²) in [6.07, 6.45) is 9.56. The molecule has 0 amide bonds. The average molecular weight is 741 g/mol. The smallest absolute Gasteiger partial charge is 0.311 e. The van der Waals surface area contributed by atoms with Gasteiger partial charge in [0.05, 0.1) is 30.5 Å². The molecule has 3 unspecified atom stereocenters. The third-order valence-corrected chi connectivity index (χ3v) is 10.7. The number of carbonyl (C=O) groups excluding carboxylic acids is 2. The zero-order valence-corrected chi connectivity index (χ0v) is 34.0. The Morgan fingerprint density at radius 1 is 0.717 bits per heavy atom. The highest BCUT2D eigenvalue weighted by molar-refractivity contribution is 6.03. The lowest BCUT2D eigenvalue weighted by Crippen LogP contribution is -2.39. The van der Waals surface area contributed by atoms with Gasteiger partial charge in [0.25, 0.3) is 0 Å². The number of nitrogens with zero attached hydrogens (tertiary/aromatic N) is 4. The van der Waals surface area contributed by atoms with Gasteiger partial charge in [-0.2, -0.15) is 0 Å². The van der Waals surface area contributed by atoms with Crippen LogP contribution in [0, 0.1) is 10.8 Å². The van der Waals surface area contributed by atoms with Crippen molar-refractivity contribution in [3.05, 3.63) is 35.4 Å². The molecule has 0 aromatic heterocycles. The fraction of sp³-hybridized carbons (Fsp3) is 0.762. The summed E-state index contributed by atoms with van der Waals surface area (Å²) in [4.78, 5) is 39.8. The molecule has 0 bridgehead atoms. The second-order valence-corrected chi connectivity index (χ2v) is 15.5. The molecule has 3 atom stereocenters. The summed E-state index contributed by atoms with van der Waals surface area (Å²) in [7, 11) is 0. The van der Waals surface area contributed by atoms with Gasteiger partial charge < -0.3 is 35.0 Å². The van der Waals surface area contributed by atoms with E-state index in [1.54, 1.807) is 0 Å². The Labute approximate surface area is 320 Å². The van der Waals surface area contributed by atoms with Gasteiger partial charge in [0.2, 0.25) is 0 Å². The lowest BCUT2D eigenvalue weighted by molar-refractivity contribution is -0.159. The monoisotopic (exact) mass is 741 g/mol. The predicted molar refractivity (Wildman–Crippen MR) is 216 cm³/mol. The summed E-state index contributed by atoms with van der Waals surface area (Å²) in [5.41, 5.74) is 1.36. The highest BCUT2D eigenvalue weighted by atomic mass is 16.5. The van der Waals surface area contributed by atoms with Crippen LogP contribution in [0.5, 0.6) is 0 Å². The van der Waals surface area contributed by atoms with Crippen LogP contribution in [0.2, 0.25) is 0 Å². The number of aliphatic hydroxyl groups is 1. The number of hydrogen-bond donors (Lipinski definition) is 3. The second kappa shape index (κ2) is 23.7. The molecule has 2 aliphatic rings. The van der Waals surface area contributed by atoms with E-state index < -0.39 is 11.5 Å². The maximum atomic E-state index is 12.8. The zero-order chi connectivity index (χ0) is 38.5. The quantitative estimate of drug-likeness (QED) is 0.0720. The summed E-state index contributed by atoms with van der Waals surface area (Å²) in [6.45, 7) is 20.7. The van der Waals surface area contributed by atoms with Crippen LogP contribution in [0.3, 0.4) is 0 Å². The molecule has 11 heteroatoms. The normalized spacial score (nSPS) is 17.3. The zero-order valence-electron chi connectivity index (χ0n) is 34.0. The molecule has 0 fully saturated rings. The first-order chi connectivity index (χ1) is 25.6. The molecule has 1 aromatic carbocycles. The predicted octanol–water partition coefficient (Wildman–Crippen LogP) is 5.82. The van der Waals surface area contributed by atoms with Gasteiger partial charge in [-0.15, -0.1) is 0 Å². The van der Waals surface area contributed by atoms with Crippen LogP contribution in [0.15, 0.2) is 34.3 Å². The van der Waals surface area contributed by atoms with Crippen molar-refractivity contribution in [3.8, 4) is 0 Å². The van der Waals surface area contributed by atoms with Crippen LogP contribution in [0.25, 0.3) is 0 Å². The highest BCUT2D eigenvalue weighted by Crippen LogP contribution is 2.32. The number of aliphatic hydroxyl groups excluding tert-OH is 1. The lowest BCUT2D eigenvalue weighted by atomic mass is 9.81. The van der Waals surface area contributed by atoms with E-state index in [-0.39, 0.29) is 24.0 Å². The summed E-state index contributed by atoms with van der Waals surface area (Å²) in [5, 5.41) is 17.3. The number of rotatable bonds is 28. The number of amidine groups is 2. The number of unbranched alkanes of at least 4 members (excludes halogenated alkanes) is 2. The molecule has 300 valence electrons. The molecule has 0 aliphatic carbocycles. The van der Waals surface area contributed by atoms with E-state index in [2.05, 4.69) is 79.3 Å². The molecule has 2 aliphatic heterocycles. The third kappa shape index (κ3) is 14.3. The first-order valence-corrected chi connectivity index (χ1v) is 20.7. The summed E-state index contributed by atoms with van der Waals surface area (Å²) < 4.78 is 11.2. The van der Waals surface area contributed by atoms with Crippen molar-refractivity contribution in [2.45, 2.75) is 118 Å². The number of esters is 2. The topological polar surface area (TPSA) is 128 Å². The molecule has 53 heavy (non-hydrogen) atoms. The standard InChI is InChI=1S/C42H72N6O5/c1-7-11-20-41(5,18-9-3)39(50)52-31-13-22-43-23-27-47-29-25-45-37(47)34-14-16-35(17-15-34)38-46-26-30-48(38)28-24-44-32-36(49)33-53-40(51)42(6,19-10-4)21-12-8-2/h14-17,36,43-44,49H,7-13,18-33H2,1-6H3. The van der Waals surface area contributed by atoms with Gasteiger partial charge in [0.15, 0.2) is 0 Å². The third-order valence-electron chi connectivity index (χ3n) is 10.7. The Morgan fingerprint density at radius 3 is 1.70 bits per heavy atom. The maximum absolute atomic E-state index is 12.8. The minimum absolute atomic E-state index is 0.00995. The van der Waals surface area contributed by atoms with Crippen molar-refractivity contribution >= 4 is 23.6 Å². The number of nitrogens with one attached hydrogen (secondary N) is 2. The second-order valence-electron chi connectivity index (χ2n) is 15.5. The Morgan fingerprint density at radius 2 is 1.21 bits per heavy atom. The minimum Gasteiger partial charge on any atom is -0.465 e. The molecule has 11 nitrogen and oxygen atoms in total. The van der Waals surface area contributed by atoms with E-state index in [1.807, 2.05) is 6.92 Å². The van der Waals surface area contributed by atoms with Crippen molar-refractivity contribution in [3.63, 3.8) is 0 Å². The van der Waals surface area contributed by atoms with Crippen molar-refractivity contribution in [2.24, 2.45) is 20.8 Å². The van der Waals surface area contributed by atoms with Gasteiger partial charge in [-0.05, 0) is 52.5 Å². The van der Waals surface area contributed by atoms with Gasteiger partial charge >= 0.3 is 11.9 Å². The van der Waals surface area contributed by atoms with Crippen LogP contribution in [-0.2, 0) is 19.1 Å². The summed E-state index contributed by atoms with van der Waals surface area (Å²) in [5.74, 6) is 1.78. The van der Waals surface area contributed by atoms with E-state index in [1.165, 1.54) is 0 Å². The Bertz CT molecular complexity index is 1290. The molecule has 0 spiro atoms. The Balaban J connectivity index is 1.35. The van der Waals surface area contributed by atoms with Crippen LogP contribution in [0.4, 0.5) is 0 Å². The minimum atomic E-state index is -0.747. The average Bonchev–Trinajstić information content (AvgIpc) is 3.83. The molecule has 0 radical (unpaired) electrons. The number of aliphatic imine (C=N–C) groups is 2. The molecule has 3 N–H and O–H groups in total. The highest BCUT2D eigenvalue weighted by Gasteiger charge is 2.34. The maximum Gasteiger partial charge on any atom is 0.311 e. The number of benzene rings is 1. The molecule has 0 saturated carbocycles. The Kier molecular flexibility index (Phi) is 19.8. The molecule has 1 aromatic rings. The van der Waals surface area contributed by atoms with Crippen LogP contribution < -0.4 is 10.6 Å². The first-order valence-electron chi connectivity index (χ1n) is 20.7.